The van der Waals surface area contributed by atoms with Gasteiger partial charge in [0.15, 0.2) is 11.5 Å². The van der Waals surface area contributed by atoms with Crippen molar-refractivity contribution < 1.29 is 9.32 Å². The predicted molar refractivity (Wildman–Crippen MR) is 107 cm³/mol. The number of aryl methyl sites for hydroxylation is 1. The average Bonchev–Trinajstić information content (AvgIpc) is 3.20. The van der Waals surface area contributed by atoms with Crippen molar-refractivity contribution in [1.29, 1.82) is 0 Å². The number of amides is 1. The Balaban J connectivity index is 1.59. The van der Waals surface area contributed by atoms with Gasteiger partial charge in [0.05, 0.1) is 0 Å². The van der Waals surface area contributed by atoms with Crippen LogP contribution in [0.3, 0.4) is 0 Å². The molecule has 0 radical (unpaired) electrons. The van der Waals surface area contributed by atoms with Crippen molar-refractivity contribution in [1.82, 2.24) is 10.1 Å². The lowest BCUT2D eigenvalue weighted by Crippen LogP contribution is -2.48. The first-order valence-electron chi connectivity index (χ1n) is 10.6. The molecule has 0 bridgehead atoms. The highest BCUT2D eigenvalue weighted by Crippen LogP contribution is 2.32. The van der Waals surface area contributed by atoms with Gasteiger partial charge in [-0.15, -0.1) is 0 Å². The van der Waals surface area contributed by atoms with Gasteiger partial charge in [0, 0.05) is 23.7 Å². The summed E-state index contributed by atoms with van der Waals surface area (Å²) in [7, 11) is 0. The summed E-state index contributed by atoms with van der Waals surface area (Å²) in [6.45, 7) is 2.06. The molecule has 1 heterocycles. The second-order valence-electron chi connectivity index (χ2n) is 8.24. The number of nitrogens with zero attached hydrogens (tertiary/aromatic N) is 2. The molecule has 2 aliphatic rings. The predicted octanol–water partition coefficient (Wildman–Crippen LogP) is 5.76. The van der Waals surface area contributed by atoms with Crippen LogP contribution in [0.5, 0.6) is 0 Å². The maximum atomic E-state index is 13.5. The fourth-order valence-corrected chi connectivity index (χ4v) is 4.79. The van der Waals surface area contributed by atoms with Gasteiger partial charge in [-0.1, -0.05) is 67.4 Å². The van der Waals surface area contributed by atoms with Crippen molar-refractivity contribution in [2.24, 2.45) is 0 Å². The van der Waals surface area contributed by atoms with Crippen molar-refractivity contribution in [2.75, 3.05) is 0 Å². The average molecular weight is 367 g/mol. The molecule has 2 aliphatic carbocycles. The molecule has 2 fully saturated rings. The molecule has 1 amide bonds. The van der Waals surface area contributed by atoms with Crippen molar-refractivity contribution in [2.45, 2.75) is 83.2 Å². The molecule has 0 saturated heterocycles. The number of benzene rings is 1. The molecule has 0 spiro atoms. The highest BCUT2D eigenvalue weighted by atomic mass is 16.5. The van der Waals surface area contributed by atoms with Gasteiger partial charge in [-0.05, 0) is 38.7 Å². The molecule has 0 N–H and O–H groups in total. The van der Waals surface area contributed by atoms with Crippen molar-refractivity contribution in [3.63, 3.8) is 0 Å². The molecule has 2 saturated carbocycles. The zero-order valence-corrected chi connectivity index (χ0v) is 16.3. The number of rotatable bonds is 4. The molecule has 1 aromatic carbocycles. The summed E-state index contributed by atoms with van der Waals surface area (Å²) in [4.78, 5) is 15.6. The van der Waals surface area contributed by atoms with E-state index in [9.17, 15) is 4.79 Å². The number of aromatic nitrogens is 1. The molecule has 144 valence electrons. The van der Waals surface area contributed by atoms with E-state index in [1.165, 1.54) is 44.1 Å². The Morgan fingerprint density at radius 2 is 1.59 bits per heavy atom. The van der Waals surface area contributed by atoms with Gasteiger partial charge in [0.2, 0.25) is 0 Å². The molecular weight excluding hydrogens is 336 g/mol. The Morgan fingerprint density at radius 1 is 0.963 bits per heavy atom. The SMILES string of the molecule is Cc1cccc(-c2cc(C(=O)N(C3CCCCC3)C3CCCCC3)no2)c1. The molecule has 4 heteroatoms. The van der Waals surface area contributed by atoms with E-state index in [1.54, 1.807) is 0 Å². The third-order valence-corrected chi connectivity index (χ3v) is 6.20. The minimum Gasteiger partial charge on any atom is -0.355 e. The Bertz CT molecular complexity index is 752. The quantitative estimate of drug-likeness (QED) is 0.691. The molecule has 1 aromatic heterocycles. The Hall–Kier alpha value is -2.10. The number of carbonyl (C=O) groups is 1. The zero-order chi connectivity index (χ0) is 18.6. The van der Waals surface area contributed by atoms with E-state index >= 15 is 0 Å². The van der Waals surface area contributed by atoms with Gasteiger partial charge < -0.3 is 9.42 Å². The molecule has 4 nitrogen and oxygen atoms in total. The first-order valence-corrected chi connectivity index (χ1v) is 10.6. The first-order chi connectivity index (χ1) is 13.2. The largest absolute Gasteiger partial charge is 0.355 e. The van der Waals surface area contributed by atoms with Gasteiger partial charge >= 0.3 is 0 Å². The lowest BCUT2D eigenvalue weighted by molar-refractivity contribution is 0.0438. The van der Waals surface area contributed by atoms with E-state index in [1.807, 2.05) is 18.2 Å². The van der Waals surface area contributed by atoms with Crippen LogP contribution in [0.4, 0.5) is 0 Å². The van der Waals surface area contributed by atoms with E-state index in [2.05, 4.69) is 29.1 Å². The van der Waals surface area contributed by atoms with Crippen molar-refractivity contribution >= 4 is 5.91 Å². The monoisotopic (exact) mass is 366 g/mol. The maximum absolute atomic E-state index is 13.5. The van der Waals surface area contributed by atoms with E-state index in [0.717, 1.165) is 31.2 Å². The normalized spacial score (nSPS) is 19.1. The van der Waals surface area contributed by atoms with Crippen LogP contribution in [0.25, 0.3) is 11.3 Å². The van der Waals surface area contributed by atoms with Crippen LogP contribution in [0, 0.1) is 6.92 Å². The van der Waals surface area contributed by atoms with E-state index in [0.29, 0.717) is 23.5 Å². The van der Waals surface area contributed by atoms with Crippen molar-refractivity contribution in [3.8, 4) is 11.3 Å². The minimum absolute atomic E-state index is 0.0662. The summed E-state index contributed by atoms with van der Waals surface area (Å²) in [6.07, 6.45) is 12.0. The summed E-state index contributed by atoms with van der Waals surface area (Å²) < 4.78 is 5.55. The summed E-state index contributed by atoms with van der Waals surface area (Å²) >= 11 is 0. The van der Waals surface area contributed by atoms with Crippen LogP contribution >= 0.6 is 0 Å². The Morgan fingerprint density at radius 3 is 2.19 bits per heavy atom. The molecule has 27 heavy (non-hydrogen) atoms. The van der Waals surface area contributed by atoms with Gasteiger partial charge in [-0.2, -0.15) is 0 Å². The van der Waals surface area contributed by atoms with Crippen molar-refractivity contribution in [3.05, 3.63) is 41.6 Å². The minimum atomic E-state index is 0.0662. The summed E-state index contributed by atoms with van der Waals surface area (Å²) in [5.41, 5.74) is 2.61. The van der Waals surface area contributed by atoms with E-state index in [-0.39, 0.29) is 5.91 Å². The van der Waals surface area contributed by atoms with Crippen LogP contribution in [-0.2, 0) is 0 Å². The van der Waals surface area contributed by atoms with E-state index < -0.39 is 0 Å². The molecular formula is C23H30N2O2. The van der Waals surface area contributed by atoms with Crippen LogP contribution in [0.1, 0.15) is 80.3 Å². The van der Waals surface area contributed by atoms with Crippen LogP contribution in [-0.4, -0.2) is 28.0 Å². The second-order valence-corrected chi connectivity index (χ2v) is 8.24. The Kier molecular flexibility index (Phi) is 5.61. The topological polar surface area (TPSA) is 46.3 Å². The number of hydrogen-bond acceptors (Lipinski definition) is 3. The molecule has 2 aromatic rings. The number of carbonyl (C=O) groups excluding carboxylic acids is 1. The van der Waals surface area contributed by atoms with Crippen LogP contribution in [0.15, 0.2) is 34.9 Å². The van der Waals surface area contributed by atoms with Crippen LogP contribution < -0.4 is 0 Å². The fraction of sp³-hybridized carbons (Fsp3) is 0.565. The first kappa shape index (κ1) is 18.3. The second kappa shape index (κ2) is 8.28. The lowest BCUT2D eigenvalue weighted by Gasteiger charge is -2.41. The smallest absolute Gasteiger partial charge is 0.276 e. The van der Waals surface area contributed by atoms with Gasteiger partial charge in [0.25, 0.3) is 5.91 Å². The zero-order valence-electron chi connectivity index (χ0n) is 16.3. The molecule has 4 rings (SSSR count). The Labute approximate surface area is 161 Å². The molecule has 0 aliphatic heterocycles. The lowest BCUT2D eigenvalue weighted by atomic mass is 9.88. The third kappa shape index (κ3) is 4.10. The maximum Gasteiger partial charge on any atom is 0.276 e. The van der Waals surface area contributed by atoms with Gasteiger partial charge in [-0.25, -0.2) is 0 Å². The molecule has 0 unspecified atom stereocenters. The third-order valence-electron chi connectivity index (χ3n) is 6.20. The molecule has 0 atom stereocenters. The summed E-state index contributed by atoms with van der Waals surface area (Å²) in [6, 6.07) is 10.7. The van der Waals surface area contributed by atoms with Crippen LogP contribution in [0.2, 0.25) is 0 Å². The summed E-state index contributed by atoms with van der Waals surface area (Å²) in [5, 5.41) is 4.17. The fourth-order valence-electron chi connectivity index (χ4n) is 4.79. The standard InChI is InChI=1S/C23H30N2O2/c1-17-9-8-10-18(15-17)22-16-21(24-27-22)23(26)25(19-11-4-2-5-12-19)20-13-6-3-7-14-20/h8-10,15-16,19-20H,2-7,11-14H2,1H3. The highest BCUT2D eigenvalue weighted by molar-refractivity contribution is 5.93. The highest BCUT2D eigenvalue weighted by Gasteiger charge is 2.34. The number of hydrogen-bond donors (Lipinski definition) is 0. The van der Waals surface area contributed by atoms with Gasteiger partial charge in [0.1, 0.15) is 0 Å². The van der Waals surface area contributed by atoms with Gasteiger partial charge in [-0.3, -0.25) is 4.79 Å². The van der Waals surface area contributed by atoms with E-state index in [4.69, 9.17) is 4.52 Å². The summed E-state index contributed by atoms with van der Waals surface area (Å²) in [5.74, 6) is 0.741.